The van der Waals surface area contributed by atoms with Gasteiger partial charge in [0.2, 0.25) is 16.0 Å². The fourth-order valence-electron chi connectivity index (χ4n) is 3.23. The van der Waals surface area contributed by atoms with Gasteiger partial charge < -0.3 is 15.0 Å². The summed E-state index contributed by atoms with van der Waals surface area (Å²) in [5, 5.41) is 3.12. The minimum absolute atomic E-state index is 0.216. The molecule has 0 aliphatic carbocycles. The predicted octanol–water partition coefficient (Wildman–Crippen LogP) is 2.95. The molecular formula is C21H31N5O3S. The maximum absolute atomic E-state index is 12.5. The van der Waals surface area contributed by atoms with Crippen LogP contribution in [0.25, 0.3) is 0 Å². The van der Waals surface area contributed by atoms with Crippen LogP contribution in [0.5, 0.6) is 5.75 Å². The number of benzene rings is 1. The Morgan fingerprint density at radius 2 is 1.83 bits per heavy atom. The maximum atomic E-state index is 12.5. The molecular weight excluding hydrogens is 402 g/mol. The largest absolute Gasteiger partial charge is 0.494 e. The summed E-state index contributed by atoms with van der Waals surface area (Å²) in [6.45, 7) is 7.30. The van der Waals surface area contributed by atoms with Gasteiger partial charge in [0.15, 0.2) is 0 Å². The Morgan fingerprint density at radius 3 is 2.53 bits per heavy atom. The number of nitrogens with zero attached hydrogens (tertiary/aromatic N) is 3. The van der Waals surface area contributed by atoms with E-state index in [0.29, 0.717) is 24.8 Å². The Kier molecular flexibility index (Phi) is 7.87. The van der Waals surface area contributed by atoms with Crippen molar-refractivity contribution >= 4 is 21.8 Å². The molecule has 0 atom stereocenters. The molecule has 1 fully saturated rings. The molecule has 2 heterocycles. The number of rotatable bonds is 11. The van der Waals surface area contributed by atoms with Crippen LogP contribution in [-0.2, 0) is 10.0 Å². The van der Waals surface area contributed by atoms with Crippen LogP contribution in [0.4, 0.5) is 11.8 Å². The number of nitrogens with one attached hydrogen (secondary N) is 2. The predicted molar refractivity (Wildman–Crippen MR) is 119 cm³/mol. The number of sulfonamides is 1. The minimum Gasteiger partial charge on any atom is -0.494 e. The second kappa shape index (κ2) is 10.6. The highest BCUT2D eigenvalue weighted by atomic mass is 32.2. The van der Waals surface area contributed by atoms with Crippen LogP contribution in [-0.4, -0.2) is 51.2 Å². The summed E-state index contributed by atoms with van der Waals surface area (Å²) < 4.78 is 33.1. The number of hydrogen-bond donors (Lipinski definition) is 2. The molecule has 1 aliphatic rings. The second-order valence-electron chi connectivity index (χ2n) is 7.38. The van der Waals surface area contributed by atoms with E-state index in [1.165, 1.54) is 12.8 Å². The third-order valence-electron chi connectivity index (χ3n) is 4.87. The molecule has 8 nitrogen and oxygen atoms in total. The summed E-state index contributed by atoms with van der Waals surface area (Å²) in [6, 6.07) is 8.47. The number of hydrogen-bond acceptors (Lipinski definition) is 7. The number of aryl methyl sites for hydroxylation is 1. The van der Waals surface area contributed by atoms with E-state index < -0.39 is 10.0 Å². The lowest BCUT2D eigenvalue weighted by molar-refractivity contribution is 0.309. The molecule has 30 heavy (non-hydrogen) atoms. The summed E-state index contributed by atoms with van der Waals surface area (Å²) in [5.74, 6) is 2.11. The minimum atomic E-state index is -3.58. The molecule has 1 aliphatic heterocycles. The third kappa shape index (κ3) is 6.30. The molecule has 0 bridgehead atoms. The molecule has 164 valence electrons. The molecule has 1 saturated heterocycles. The van der Waals surface area contributed by atoms with Crippen molar-refractivity contribution in [3.05, 3.63) is 36.0 Å². The highest BCUT2D eigenvalue weighted by molar-refractivity contribution is 7.89. The van der Waals surface area contributed by atoms with Gasteiger partial charge in [-0.05, 0) is 50.5 Å². The van der Waals surface area contributed by atoms with Crippen molar-refractivity contribution in [1.29, 1.82) is 0 Å². The Hall–Kier alpha value is -2.39. The van der Waals surface area contributed by atoms with Crippen molar-refractivity contribution in [3.63, 3.8) is 0 Å². The summed E-state index contributed by atoms with van der Waals surface area (Å²) in [5.41, 5.74) is 0.885. The van der Waals surface area contributed by atoms with Crippen LogP contribution in [0.15, 0.2) is 35.2 Å². The van der Waals surface area contributed by atoms with Gasteiger partial charge >= 0.3 is 0 Å². The Balaban J connectivity index is 1.49. The third-order valence-corrected chi connectivity index (χ3v) is 6.35. The Bertz CT molecular complexity index is 913. The van der Waals surface area contributed by atoms with Gasteiger partial charge in [-0.3, -0.25) is 0 Å². The number of aromatic nitrogens is 2. The molecule has 0 unspecified atom stereocenters. The summed E-state index contributed by atoms with van der Waals surface area (Å²) >= 11 is 0. The molecule has 2 N–H and O–H groups in total. The average molecular weight is 434 g/mol. The molecule has 2 aromatic rings. The SMILES string of the molecule is CCCCOc1ccc(S(=O)(=O)NCCNc2nc(C)cc(N3CCCC3)n2)cc1. The van der Waals surface area contributed by atoms with Gasteiger partial charge in [0, 0.05) is 37.9 Å². The van der Waals surface area contributed by atoms with E-state index in [-0.39, 0.29) is 11.4 Å². The van der Waals surface area contributed by atoms with Gasteiger partial charge in [-0.1, -0.05) is 13.3 Å². The summed E-state index contributed by atoms with van der Waals surface area (Å²) in [7, 11) is -3.58. The van der Waals surface area contributed by atoms with E-state index in [0.717, 1.165) is 37.4 Å². The lowest BCUT2D eigenvalue weighted by Crippen LogP contribution is -2.29. The molecule has 0 radical (unpaired) electrons. The zero-order chi connectivity index (χ0) is 21.4. The molecule has 0 spiro atoms. The first-order chi connectivity index (χ1) is 14.5. The fourth-order valence-corrected chi connectivity index (χ4v) is 4.26. The second-order valence-corrected chi connectivity index (χ2v) is 9.15. The van der Waals surface area contributed by atoms with Crippen molar-refractivity contribution in [2.75, 3.05) is 43.0 Å². The summed E-state index contributed by atoms with van der Waals surface area (Å²) in [6.07, 6.45) is 4.38. The van der Waals surface area contributed by atoms with Crippen LogP contribution < -0.4 is 19.7 Å². The number of ether oxygens (including phenoxy) is 1. The van der Waals surface area contributed by atoms with E-state index in [2.05, 4.69) is 31.8 Å². The Labute approximate surface area is 179 Å². The fraction of sp³-hybridized carbons (Fsp3) is 0.524. The Morgan fingerprint density at radius 1 is 1.10 bits per heavy atom. The van der Waals surface area contributed by atoms with Gasteiger partial charge in [0.25, 0.3) is 0 Å². The van der Waals surface area contributed by atoms with Crippen molar-refractivity contribution in [3.8, 4) is 5.75 Å². The molecule has 0 saturated carbocycles. The van der Waals surface area contributed by atoms with E-state index >= 15 is 0 Å². The van der Waals surface area contributed by atoms with Crippen LogP contribution in [0.3, 0.4) is 0 Å². The lowest BCUT2D eigenvalue weighted by Gasteiger charge is -2.17. The first-order valence-corrected chi connectivity index (χ1v) is 12.0. The standard InChI is InChI=1S/C21H31N5O3S/c1-3-4-15-29-18-7-9-19(10-8-18)30(27,28)23-12-11-22-21-24-17(2)16-20(25-21)26-13-5-6-14-26/h7-10,16,23H,3-6,11-15H2,1-2H3,(H,22,24,25). The monoisotopic (exact) mass is 433 g/mol. The summed E-state index contributed by atoms with van der Waals surface area (Å²) in [4.78, 5) is 11.4. The number of anilines is 2. The van der Waals surface area contributed by atoms with Gasteiger partial charge in [0.05, 0.1) is 11.5 Å². The van der Waals surface area contributed by atoms with Gasteiger partial charge in [-0.2, -0.15) is 4.98 Å². The lowest BCUT2D eigenvalue weighted by atomic mass is 10.3. The highest BCUT2D eigenvalue weighted by Crippen LogP contribution is 2.20. The van der Waals surface area contributed by atoms with Crippen molar-refractivity contribution in [2.24, 2.45) is 0 Å². The zero-order valence-corrected chi connectivity index (χ0v) is 18.5. The molecule has 1 aromatic heterocycles. The van der Waals surface area contributed by atoms with Crippen LogP contribution >= 0.6 is 0 Å². The highest BCUT2D eigenvalue weighted by Gasteiger charge is 2.16. The maximum Gasteiger partial charge on any atom is 0.240 e. The van der Waals surface area contributed by atoms with Crippen LogP contribution in [0.2, 0.25) is 0 Å². The van der Waals surface area contributed by atoms with E-state index in [4.69, 9.17) is 4.74 Å². The van der Waals surface area contributed by atoms with Crippen LogP contribution in [0, 0.1) is 6.92 Å². The first kappa shape index (κ1) is 22.3. The van der Waals surface area contributed by atoms with Gasteiger partial charge in [-0.15, -0.1) is 0 Å². The van der Waals surface area contributed by atoms with Crippen LogP contribution in [0.1, 0.15) is 38.3 Å². The average Bonchev–Trinajstić information content (AvgIpc) is 3.27. The number of unbranched alkanes of at least 4 members (excludes halogenated alkanes) is 1. The molecule has 0 amide bonds. The molecule has 3 rings (SSSR count). The zero-order valence-electron chi connectivity index (χ0n) is 17.7. The van der Waals surface area contributed by atoms with Crippen molar-refractivity contribution in [2.45, 2.75) is 44.4 Å². The van der Waals surface area contributed by atoms with E-state index in [1.807, 2.05) is 13.0 Å². The van der Waals surface area contributed by atoms with Gasteiger partial charge in [0.1, 0.15) is 11.6 Å². The molecule has 1 aromatic carbocycles. The topological polar surface area (TPSA) is 96.5 Å². The van der Waals surface area contributed by atoms with E-state index in [1.54, 1.807) is 24.3 Å². The smallest absolute Gasteiger partial charge is 0.240 e. The quantitative estimate of drug-likeness (QED) is 0.526. The van der Waals surface area contributed by atoms with E-state index in [9.17, 15) is 8.42 Å². The molecule has 9 heteroatoms. The van der Waals surface area contributed by atoms with Crippen molar-refractivity contribution in [1.82, 2.24) is 14.7 Å². The van der Waals surface area contributed by atoms with Gasteiger partial charge in [-0.25, -0.2) is 18.1 Å². The normalized spacial score (nSPS) is 14.1. The first-order valence-electron chi connectivity index (χ1n) is 10.5. The van der Waals surface area contributed by atoms with Crippen molar-refractivity contribution < 1.29 is 13.2 Å².